The Morgan fingerprint density at radius 2 is 1.95 bits per heavy atom. The first-order chi connectivity index (χ1) is 10.3. The lowest BCUT2D eigenvalue weighted by Crippen LogP contribution is -2.46. The number of carbonyl (C=O) groups excluding carboxylic acids is 1. The molecule has 0 atom stereocenters. The molecule has 0 unspecified atom stereocenters. The molecular formula is C16H17N3OS. The van der Waals surface area contributed by atoms with Crippen molar-refractivity contribution in [3.05, 3.63) is 36.4 Å². The molecular weight excluding hydrogens is 282 g/mol. The van der Waals surface area contributed by atoms with Gasteiger partial charge in [0, 0.05) is 5.39 Å². The van der Waals surface area contributed by atoms with E-state index in [9.17, 15) is 4.79 Å². The Morgan fingerprint density at radius 3 is 2.81 bits per heavy atom. The number of hydrazine groups is 1. The Hall–Kier alpha value is -1.75. The molecule has 4 rings (SSSR count). The third-order valence-electron chi connectivity index (χ3n) is 4.33. The van der Waals surface area contributed by atoms with Crippen LogP contribution in [0, 0.1) is 0 Å². The van der Waals surface area contributed by atoms with E-state index in [-0.39, 0.29) is 10.8 Å². The lowest BCUT2D eigenvalue weighted by atomic mass is 10.2. The first-order valence-electron chi connectivity index (χ1n) is 7.36. The van der Waals surface area contributed by atoms with Gasteiger partial charge in [-0.05, 0) is 31.0 Å². The molecule has 0 radical (unpaired) electrons. The zero-order valence-corrected chi connectivity index (χ0v) is 12.5. The Balaban J connectivity index is 1.65. The highest BCUT2D eigenvalue weighted by atomic mass is 32.2. The molecule has 1 spiro atoms. The molecule has 4 nitrogen and oxygen atoms in total. The number of hydrogen-bond donors (Lipinski definition) is 1. The van der Waals surface area contributed by atoms with Gasteiger partial charge in [0.1, 0.15) is 10.7 Å². The van der Waals surface area contributed by atoms with E-state index < -0.39 is 0 Å². The lowest BCUT2D eigenvalue weighted by Gasteiger charge is -2.34. The van der Waals surface area contributed by atoms with Crippen molar-refractivity contribution in [1.29, 1.82) is 0 Å². The number of carbonyl (C=O) groups is 1. The van der Waals surface area contributed by atoms with Crippen molar-refractivity contribution >= 4 is 34.4 Å². The van der Waals surface area contributed by atoms with E-state index in [1.165, 1.54) is 12.8 Å². The minimum absolute atomic E-state index is 0.0512. The molecule has 108 valence electrons. The first kappa shape index (κ1) is 13.0. The van der Waals surface area contributed by atoms with Gasteiger partial charge in [-0.3, -0.25) is 10.2 Å². The molecule has 1 aliphatic heterocycles. The van der Waals surface area contributed by atoms with Crippen LogP contribution in [0.15, 0.2) is 36.4 Å². The molecule has 2 aliphatic rings. The smallest absolute Gasteiger partial charge is 0.252 e. The van der Waals surface area contributed by atoms with Gasteiger partial charge in [0.05, 0.1) is 11.3 Å². The topological polar surface area (TPSA) is 45.2 Å². The number of rotatable bonds is 2. The van der Waals surface area contributed by atoms with E-state index in [0.717, 1.165) is 29.6 Å². The minimum atomic E-state index is -0.0512. The fourth-order valence-electron chi connectivity index (χ4n) is 3.25. The van der Waals surface area contributed by atoms with Crippen LogP contribution in [0.5, 0.6) is 0 Å². The van der Waals surface area contributed by atoms with E-state index >= 15 is 0 Å². The third kappa shape index (κ3) is 2.16. The molecule has 0 bridgehead atoms. The summed E-state index contributed by atoms with van der Waals surface area (Å²) in [6.07, 6.45) is 4.54. The Kier molecular flexibility index (Phi) is 3.03. The summed E-state index contributed by atoms with van der Waals surface area (Å²) in [6.45, 7) is 0. The summed E-state index contributed by atoms with van der Waals surface area (Å²) in [5.74, 6) is 1.48. The van der Waals surface area contributed by atoms with Crippen molar-refractivity contribution < 1.29 is 4.79 Å². The summed E-state index contributed by atoms with van der Waals surface area (Å²) in [5.41, 5.74) is 4.21. The SMILES string of the molecule is O=C1CSC2(CCCC2)N1Nc1ccc2ccccc2n1. The number of anilines is 1. The molecule has 2 aromatic rings. The fourth-order valence-corrected chi connectivity index (χ4v) is 4.63. The summed E-state index contributed by atoms with van der Waals surface area (Å²) >= 11 is 1.78. The largest absolute Gasteiger partial charge is 0.278 e. The van der Waals surface area contributed by atoms with Crippen LogP contribution in [0.4, 0.5) is 5.82 Å². The first-order valence-corrected chi connectivity index (χ1v) is 8.35. The van der Waals surface area contributed by atoms with Crippen LogP contribution in [-0.4, -0.2) is 26.5 Å². The van der Waals surface area contributed by atoms with Gasteiger partial charge >= 0.3 is 0 Å². The van der Waals surface area contributed by atoms with Crippen LogP contribution in [-0.2, 0) is 4.79 Å². The number of nitrogens with one attached hydrogen (secondary N) is 1. The molecule has 1 saturated carbocycles. The van der Waals surface area contributed by atoms with Gasteiger partial charge in [-0.1, -0.05) is 31.0 Å². The maximum Gasteiger partial charge on any atom is 0.252 e. The third-order valence-corrected chi connectivity index (χ3v) is 5.85. The van der Waals surface area contributed by atoms with Crippen molar-refractivity contribution in [2.24, 2.45) is 0 Å². The number of hydrogen-bond acceptors (Lipinski definition) is 4. The molecule has 21 heavy (non-hydrogen) atoms. The van der Waals surface area contributed by atoms with Crippen LogP contribution >= 0.6 is 11.8 Å². The maximum absolute atomic E-state index is 12.2. The standard InChI is InChI=1S/C16H17N3OS/c20-15-11-21-16(9-3-4-10-16)19(15)18-14-8-7-12-5-1-2-6-13(12)17-14/h1-2,5-8H,3-4,9-11H2,(H,17,18). The number of aromatic nitrogens is 1. The van der Waals surface area contributed by atoms with Crippen molar-refractivity contribution in [2.45, 2.75) is 30.6 Å². The summed E-state index contributed by atoms with van der Waals surface area (Å²) in [4.78, 5) is 16.8. The van der Waals surface area contributed by atoms with Gasteiger partial charge < -0.3 is 0 Å². The van der Waals surface area contributed by atoms with Gasteiger partial charge in [0.25, 0.3) is 5.91 Å². The number of thioether (sulfide) groups is 1. The average molecular weight is 299 g/mol. The van der Waals surface area contributed by atoms with E-state index in [2.05, 4.69) is 10.4 Å². The molecule has 1 aliphatic carbocycles. The molecule has 1 N–H and O–H groups in total. The van der Waals surface area contributed by atoms with E-state index in [1.54, 1.807) is 11.8 Å². The normalized spacial score (nSPS) is 20.6. The van der Waals surface area contributed by atoms with Crippen molar-refractivity contribution in [1.82, 2.24) is 9.99 Å². The Labute approximate surface area is 127 Å². The maximum atomic E-state index is 12.2. The summed E-state index contributed by atoms with van der Waals surface area (Å²) in [5, 5.41) is 2.95. The molecule has 1 saturated heterocycles. The average Bonchev–Trinajstić information content (AvgIpc) is 3.10. The second-order valence-corrected chi connectivity index (χ2v) is 7.01. The van der Waals surface area contributed by atoms with Gasteiger partial charge in [0.2, 0.25) is 0 Å². The summed E-state index contributed by atoms with van der Waals surface area (Å²) < 4.78 is 0. The van der Waals surface area contributed by atoms with E-state index in [4.69, 9.17) is 0 Å². The van der Waals surface area contributed by atoms with E-state index in [0.29, 0.717) is 5.75 Å². The molecule has 1 aromatic carbocycles. The predicted molar refractivity (Wildman–Crippen MR) is 85.9 cm³/mol. The zero-order valence-electron chi connectivity index (χ0n) is 11.7. The monoisotopic (exact) mass is 299 g/mol. The van der Waals surface area contributed by atoms with Crippen molar-refractivity contribution in [2.75, 3.05) is 11.2 Å². The number of pyridine rings is 1. The van der Waals surface area contributed by atoms with Crippen molar-refractivity contribution in [3.8, 4) is 0 Å². The zero-order chi connectivity index (χ0) is 14.3. The minimum Gasteiger partial charge on any atom is -0.278 e. The van der Waals surface area contributed by atoms with Crippen LogP contribution in [0.1, 0.15) is 25.7 Å². The highest BCUT2D eigenvalue weighted by Gasteiger charge is 2.48. The summed E-state index contributed by atoms with van der Waals surface area (Å²) in [6, 6.07) is 12.0. The second-order valence-electron chi connectivity index (χ2n) is 5.67. The predicted octanol–water partition coefficient (Wildman–Crippen LogP) is 3.41. The Morgan fingerprint density at radius 1 is 1.14 bits per heavy atom. The summed E-state index contributed by atoms with van der Waals surface area (Å²) in [7, 11) is 0. The van der Waals surface area contributed by atoms with Gasteiger partial charge in [0.15, 0.2) is 0 Å². The van der Waals surface area contributed by atoms with Crippen LogP contribution in [0.3, 0.4) is 0 Å². The van der Waals surface area contributed by atoms with Gasteiger partial charge in [-0.15, -0.1) is 11.8 Å². The van der Waals surface area contributed by atoms with Crippen molar-refractivity contribution in [3.63, 3.8) is 0 Å². The van der Waals surface area contributed by atoms with Gasteiger partial charge in [-0.25, -0.2) is 9.99 Å². The fraction of sp³-hybridized carbons (Fsp3) is 0.375. The van der Waals surface area contributed by atoms with E-state index in [1.807, 2.05) is 41.4 Å². The Bertz CT molecular complexity index is 697. The van der Waals surface area contributed by atoms with Crippen LogP contribution in [0.25, 0.3) is 10.9 Å². The molecule has 5 heteroatoms. The highest BCUT2D eigenvalue weighted by molar-refractivity contribution is 8.01. The molecule has 2 heterocycles. The molecule has 2 fully saturated rings. The molecule has 1 aromatic heterocycles. The van der Waals surface area contributed by atoms with Crippen LogP contribution < -0.4 is 5.43 Å². The highest BCUT2D eigenvalue weighted by Crippen LogP contribution is 2.48. The number of fused-ring (bicyclic) bond motifs is 1. The second kappa shape index (κ2) is 4.91. The van der Waals surface area contributed by atoms with Crippen LogP contribution in [0.2, 0.25) is 0 Å². The lowest BCUT2D eigenvalue weighted by molar-refractivity contribution is -0.128. The van der Waals surface area contributed by atoms with Gasteiger partial charge in [-0.2, -0.15) is 0 Å². The number of benzene rings is 1. The number of amides is 1. The quantitative estimate of drug-likeness (QED) is 0.923. The molecule has 1 amide bonds. The number of para-hydroxylation sites is 1. The number of nitrogens with zero attached hydrogens (tertiary/aromatic N) is 2.